The molecule has 0 radical (unpaired) electrons. The van der Waals surface area contributed by atoms with E-state index in [0.717, 1.165) is 24.5 Å². The summed E-state index contributed by atoms with van der Waals surface area (Å²) < 4.78 is 5.16. The van der Waals surface area contributed by atoms with Crippen molar-refractivity contribution in [3.63, 3.8) is 0 Å². The molecule has 4 heteroatoms. The fourth-order valence-electron chi connectivity index (χ4n) is 1.11. The smallest absolute Gasteiger partial charge is 0.117 e. The van der Waals surface area contributed by atoms with Gasteiger partial charge in [0.2, 0.25) is 0 Å². The molecule has 68 valence electrons. The summed E-state index contributed by atoms with van der Waals surface area (Å²) in [6.45, 7) is 1.52. The highest BCUT2D eigenvalue weighted by Crippen LogP contribution is 1.99. The van der Waals surface area contributed by atoms with Gasteiger partial charge in [-0.2, -0.15) is 0 Å². The summed E-state index contributed by atoms with van der Waals surface area (Å²) in [4.78, 5) is 6.93. The van der Waals surface area contributed by atoms with Gasteiger partial charge in [0.05, 0.1) is 19.1 Å². The van der Waals surface area contributed by atoms with Crippen molar-refractivity contribution in [2.45, 2.75) is 13.1 Å². The van der Waals surface area contributed by atoms with Crippen LogP contribution in [-0.4, -0.2) is 9.97 Å². The molecule has 0 saturated heterocycles. The van der Waals surface area contributed by atoms with Gasteiger partial charge in [0.1, 0.15) is 5.76 Å². The van der Waals surface area contributed by atoms with Crippen LogP contribution in [0.15, 0.2) is 35.3 Å². The lowest BCUT2D eigenvalue weighted by Crippen LogP contribution is -2.12. The van der Waals surface area contributed by atoms with Crippen molar-refractivity contribution in [3.05, 3.63) is 42.4 Å². The fourth-order valence-corrected chi connectivity index (χ4v) is 1.11. The summed E-state index contributed by atoms with van der Waals surface area (Å²) in [6, 6.07) is 3.83. The van der Waals surface area contributed by atoms with Crippen LogP contribution in [0.2, 0.25) is 0 Å². The number of hydrogen-bond acceptors (Lipinski definition) is 3. The van der Waals surface area contributed by atoms with Crippen molar-refractivity contribution in [2.75, 3.05) is 0 Å². The van der Waals surface area contributed by atoms with Gasteiger partial charge in [0, 0.05) is 18.4 Å². The van der Waals surface area contributed by atoms with E-state index in [-0.39, 0.29) is 0 Å². The highest BCUT2D eigenvalue weighted by atomic mass is 16.3. The number of imidazole rings is 1. The number of furan rings is 1. The summed E-state index contributed by atoms with van der Waals surface area (Å²) in [6.07, 6.45) is 5.15. The molecule has 2 aromatic rings. The number of nitrogens with zero attached hydrogens (tertiary/aromatic N) is 1. The monoisotopic (exact) mass is 177 g/mol. The van der Waals surface area contributed by atoms with Crippen LogP contribution in [0.1, 0.15) is 11.5 Å². The zero-order valence-corrected chi connectivity index (χ0v) is 7.16. The predicted octanol–water partition coefficient (Wildman–Crippen LogP) is 1.29. The molecule has 0 aliphatic carbocycles. The second-order valence-corrected chi connectivity index (χ2v) is 2.76. The maximum atomic E-state index is 5.16. The molecular formula is C9H11N3O. The third-order valence-corrected chi connectivity index (χ3v) is 1.75. The van der Waals surface area contributed by atoms with Gasteiger partial charge in [-0.3, -0.25) is 0 Å². The number of aromatic amines is 1. The molecule has 0 aliphatic heterocycles. The van der Waals surface area contributed by atoms with Crippen LogP contribution in [-0.2, 0) is 13.1 Å². The Morgan fingerprint density at radius 2 is 2.46 bits per heavy atom. The molecule has 0 saturated carbocycles. The number of nitrogens with one attached hydrogen (secondary N) is 2. The first-order valence-electron chi connectivity index (χ1n) is 4.15. The highest BCUT2D eigenvalue weighted by Gasteiger charge is 1.95. The molecule has 0 unspecified atom stereocenters. The molecule has 4 nitrogen and oxygen atoms in total. The molecule has 0 aliphatic rings. The second kappa shape index (κ2) is 3.91. The van der Waals surface area contributed by atoms with E-state index in [1.165, 1.54) is 0 Å². The number of aromatic nitrogens is 2. The van der Waals surface area contributed by atoms with Crippen molar-refractivity contribution in [1.29, 1.82) is 0 Å². The third-order valence-electron chi connectivity index (χ3n) is 1.75. The van der Waals surface area contributed by atoms with Crippen molar-refractivity contribution in [3.8, 4) is 0 Å². The molecule has 0 bridgehead atoms. The van der Waals surface area contributed by atoms with Crippen LogP contribution < -0.4 is 5.32 Å². The van der Waals surface area contributed by atoms with Crippen molar-refractivity contribution in [2.24, 2.45) is 0 Å². The molecule has 0 aromatic carbocycles. The predicted molar refractivity (Wildman–Crippen MR) is 47.8 cm³/mol. The molecule has 2 N–H and O–H groups in total. The van der Waals surface area contributed by atoms with Crippen LogP contribution in [0.25, 0.3) is 0 Å². The normalized spacial score (nSPS) is 10.5. The van der Waals surface area contributed by atoms with Gasteiger partial charge >= 0.3 is 0 Å². The van der Waals surface area contributed by atoms with Crippen LogP contribution in [0.4, 0.5) is 0 Å². The first-order chi connectivity index (χ1) is 6.45. The van der Waals surface area contributed by atoms with Gasteiger partial charge < -0.3 is 14.7 Å². The lowest BCUT2D eigenvalue weighted by Gasteiger charge is -1.98. The average Bonchev–Trinajstić information content (AvgIpc) is 2.75. The maximum absolute atomic E-state index is 5.16. The standard InChI is InChI=1S/C9H11N3O/c1-2-9(13-3-1)6-10-4-8-5-11-7-12-8/h1-3,5,7,10H,4,6H2,(H,11,12). The molecule has 2 aromatic heterocycles. The van der Waals surface area contributed by atoms with Gasteiger partial charge in [0.15, 0.2) is 0 Å². The van der Waals surface area contributed by atoms with Crippen LogP contribution in [0.3, 0.4) is 0 Å². The quantitative estimate of drug-likeness (QED) is 0.740. The molecule has 2 heterocycles. The molecule has 0 amide bonds. The highest BCUT2D eigenvalue weighted by molar-refractivity contribution is 4.98. The second-order valence-electron chi connectivity index (χ2n) is 2.76. The van der Waals surface area contributed by atoms with E-state index in [0.29, 0.717) is 0 Å². The summed E-state index contributed by atoms with van der Waals surface area (Å²) in [7, 11) is 0. The molecular weight excluding hydrogens is 166 g/mol. The van der Waals surface area contributed by atoms with E-state index in [2.05, 4.69) is 15.3 Å². The Balaban J connectivity index is 1.76. The molecule has 2 rings (SSSR count). The summed E-state index contributed by atoms with van der Waals surface area (Å²) in [5, 5.41) is 3.23. The number of hydrogen-bond donors (Lipinski definition) is 2. The van der Waals surface area contributed by atoms with Crippen molar-refractivity contribution < 1.29 is 4.42 Å². The zero-order chi connectivity index (χ0) is 8.93. The Kier molecular flexibility index (Phi) is 2.43. The lowest BCUT2D eigenvalue weighted by atomic mass is 10.4. The maximum Gasteiger partial charge on any atom is 0.117 e. The molecule has 13 heavy (non-hydrogen) atoms. The zero-order valence-electron chi connectivity index (χ0n) is 7.16. The minimum absolute atomic E-state index is 0.742. The largest absolute Gasteiger partial charge is 0.468 e. The topological polar surface area (TPSA) is 53.9 Å². The minimum Gasteiger partial charge on any atom is -0.468 e. The SMILES string of the molecule is c1coc(CNCc2cnc[nH]2)c1. The van der Waals surface area contributed by atoms with Crippen LogP contribution >= 0.6 is 0 Å². The van der Waals surface area contributed by atoms with Gasteiger partial charge in [-0.25, -0.2) is 4.98 Å². The van der Waals surface area contributed by atoms with E-state index in [4.69, 9.17) is 4.42 Å². The Bertz CT molecular complexity index is 291. The first kappa shape index (κ1) is 8.07. The van der Waals surface area contributed by atoms with E-state index in [1.54, 1.807) is 18.8 Å². The van der Waals surface area contributed by atoms with Crippen molar-refractivity contribution >= 4 is 0 Å². The molecule has 0 fully saturated rings. The van der Waals surface area contributed by atoms with Gasteiger partial charge in [-0.05, 0) is 12.1 Å². The number of H-pyrrole nitrogens is 1. The Morgan fingerprint density at radius 3 is 3.15 bits per heavy atom. The lowest BCUT2D eigenvalue weighted by molar-refractivity contribution is 0.482. The van der Waals surface area contributed by atoms with Gasteiger partial charge in [-0.15, -0.1) is 0 Å². The summed E-state index contributed by atoms with van der Waals surface area (Å²) in [5.41, 5.74) is 1.08. The first-order valence-corrected chi connectivity index (χ1v) is 4.15. The van der Waals surface area contributed by atoms with E-state index in [1.807, 2.05) is 12.1 Å². The summed E-state index contributed by atoms with van der Waals surface area (Å²) in [5.74, 6) is 0.944. The molecule has 0 spiro atoms. The minimum atomic E-state index is 0.742. The van der Waals surface area contributed by atoms with E-state index >= 15 is 0 Å². The fraction of sp³-hybridized carbons (Fsp3) is 0.222. The average molecular weight is 177 g/mol. The Labute approximate surface area is 76.0 Å². The number of rotatable bonds is 4. The third kappa shape index (κ3) is 2.19. The Hall–Kier alpha value is -1.55. The van der Waals surface area contributed by atoms with E-state index in [9.17, 15) is 0 Å². The van der Waals surface area contributed by atoms with Crippen LogP contribution in [0, 0.1) is 0 Å². The van der Waals surface area contributed by atoms with Gasteiger partial charge in [-0.1, -0.05) is 0 Å². The van der Waals surface area contributed by atoms with Gasteiger partial charge in [0.25, 0.3) is 0 Å². The Morgan fingerprint density at radius 1 is 1.46 bits per heavy atom. The molecule has 0 atom stereocenters. The van der Waals surface area contributed by atoms with E-state index < -0.39 is 0 Å². The van der Waals surface area contributed by atoms with Crippen LogP contribution in [0.5, 0.6) is 0 Å². The van der Waals surface area contributed by atoms with Crippen molar-refractivity contribution in [1.82, 2.24) is 15.3 Å². The summed E-state index contributed by atoms with van der Waals surface area (Å²) >= 11 is 0.